The van der Waals surface area contributed by atoms with Crippen molar-refractivity contribution in [3.05, 3.63) is 10.5 Å². The highest BCUT2D eigenvalue weighted by atomic mass is 33.1. The third-order valence-electron chi connectivity index (χ3n) is 3.05. The van der Waals surface area contributed by atoms with Crippen LogP contribution in [0.25, 0.3) is 0 Å². The third kappa shape index (κ3) is 3.60. The van der Waals surface area contributed by atoms with Crippen molar-refractivity contribution in [2.45, 2.75) is 46.3 Å². The molecule has 0 unspecified atom stereocenters. The summed E-state index contributed by atoms with van der Waals surface area (Å²) >= 11 is 0. The van der Waals surface area contributed by atoms with Crippen molar-refractivity contribution < 1.29 is 19.1 Å². The molecule has 0 N–H and O–H groups in total. The van der Waals surface area contributed by atoms with Crippen LogP contribution in [0.4, 0.5) is 0 Å². The molecular formula is C14H20N2O4S2. The Kier molecular flexibility index (Phi) is 5.44. The smallest absolute Gasteiger partial charge is 0.350 e. The fraction of sp³-hybridized carbons (Fsp3) is 0.643. The molecule has 2 heterocycles. The van der Waals surface area contributed by atoms with E-state index in [1.54, 1.807) is 0 Å². The average molecular weight is 344 g/mol. The molecule has 0 aliphatic carbocycles. The molecule has 6 nitrogen and oxygen atoms in total. The molecule has 2 rings (SSSR count). The summed E-state index contributed by atoms with van der Waals surface area (Å²) in [4.78, 5) is 27.1. The Morgan fingerprint density at radius 1 is 1.09 bits per heavy atom. The predicted octanol–water partition coefficient (Wildman–Crippen LogP) is 2.91. The Labute approximate surface area is 138 Å². The molecule has 1 saturated heterocycles. The molecule has 2 aliphatic rings. The SMILES string of the molecule is CCCN(CCC)C1=NSSC1=C1C(=O)OC(C)(C)OC1=O. The van der Waals surface area contributed by atoms with Crippen molar-refractivity contribution in [1.29, 1.82) is 0 Å². The number of esters is 2. The zero-order chi connectivity index (χ0) is 16.3. The van der Waals surface area contributed by atoms with Gasteiger partial charge in [-0.05, 0) is 23.6 Å². The van der Waals surface area contributed by atoms with E-state index < -0.39 is 17.7 Å². The minimum absolute atomic E-state index is 0.0507. The van der Waals surface area contributed by atoms with Crippen LogP contribution in [0.5, 0.6) is 0 Å². The van der Waals surface area contributed by atoms with E-state index in [0.717, 1.165) is 25.9 Å². The minimum Gasteiger partial charge on any atom is -0.419 e. The molecule has 0 atom stereocenters. The maximum absolute atomic E-state index is 12.2. The van der Waals surface area contributed by atoms with Gasteiger partial charge in [0.25, 0.3) is 5.79 Å². The highest BCUT2D eigenvalue weighted by molar-refractivity contribution is 8.78. The van der Waals surface area contributed by atoms with Crippen molar-refractivity contribution in [2.24, 2.45) is 4.40 Å². The molecule has 0 aromatic heterocycles. The highest BCUT2D eigenvalue weighted by Crippen LogP contribution is 2.43. The van der Waals surface area contributed by atoms with Crippen LogP contribution in [0.2, 0.25) is 0 Å². The summed E-state index contributed by atoms with van der Waals surface area (Å²) in [5, 5.41) is 0. The van der Waals surface area contributed by atoms with E-state index in [-0.39, 0.29) is 5.57 Å². The van der Waals surface area contributed by atoms with Gasteiger partial charge in [-0.1, -0.05) is 13.8 Å². The van der Waals surface area contributed by atoms with Crippen LogP contribution >= 0.6 is 21.8 Å². The first kappa shape index (κ1) is 17.2. The molecule has 0 bridgehead atoms. The normalized spacial score (nSPS) is 20.6. The lowest BCUT2D eigenvalue weighted by Crippen LogP contribution is -2.43. The maximum atomic E-state index is 12.2. The van der Waals surface area contributed by atoms with Gasteiger partial charge in [0.1, 0.15) is 0 Å². The van der Waals surface area contributed by atoms with Gasteiger partial charge in [-0.2, -0.15) is 4.40 Å². The number of amidine groups is 1. The number of cyclic esters (lactones) is 2. The average Bonchev–Trinajstić information content (AvgIpc) is 2.85. The van der Waals surface area contributed by atoms with Gasteiger partial charge in [0.2, 0.25) is 0 Å². The molecule has 0 radical (unpaired) electrons. The number of ether oxygens (including phenoxy) is 2. The van der Waals surface area contributed by atoms with E-state index in [4.69, 9.17) is 9.47 Å². The standard InChI is InChI=1S/C14H20N2O4S2/c1-5-7-16(8-6-2)11-10(21-22-15-11)9-12(17)19-14(3,4)20-13(9)18/h5-8H2,1-4H3. The summed E-state index contributed by atoms with van der Waals surface area (Å²) in [7, 11) is 2.55. The number of nitrogens with zero attached hydrogens (tertiary/aromatic N) is 2. The Morgan fingerprint density at radius 3 is 2.14 bits per heavy atom. The first-order chi connectivity index (χ1) is 10.4. The highest BCUT2D eigenvalue weighted by Gasteiger charge is 2.43. The number of hydrogen-bond acceptors (Lipinski definition) is 8. The topological polar surface area (TPSA) is 68.2 Å². The fourth-order valence-electron chi connectivity index (χ4n) is 2.23. The molecule has 0 aromatic rings. The molecule has 8 heteroatoms. The van der Waals surface area contributed by atoms with E-state index in [0.29, 0.717) is 10.7 Å². The molecular weight excluding hydrogens is 324 g/mol. The zero-order valence-electron chi connectivity index (χ0n) is 13.2. The fourth-order valence-corrected chi connectivity index (χ4v) is 4.19. The van der Waals surface area contributed by atoms with Gasteiger partial charge < -0.3 is 14.4 Å². The van der Waals surface area contributed by atoms with Crippen LogP contribution in [0.15, 0.2) is 14.9 Å². The lowest BCUT2D eigenvalue weighted by atomic mass is 10.2. The molecule has 0 spiro atoms. The van der Waals surface area contributed by atoms with Crippen LogP contribution in [0, 0.1) is 0 Å². The van der Waals surface area contributed by atoms with Crippen molar-refractivity contribution in [3.63, 3.8) is 0 Å². The van der Waals surface area contributed by atoms with Crippen LogP contribution in [-0.2, 0) is 19.1 Å². The molecule has 0 saturated carbocycles. The van der Waals surface area contributed by atoms with Crippen molar-refractivity contribution in [3.8, 4) is 0 Å². The number of carbonyl (C=O) groups excluding carboxylic acids is 2. The molecule has 0 amide bonds. The molecule has 2 aliphatic heterocycles. The first-order valence-electron chi connectivity index (χ1n) is 7.27. The van der Waals surface area contributed by atoms with Gasteiger partial charge >= 0.3 is 11.9 Å². The summed E-state index contributed by atoms with van der Waals surface area (Å²) in [6.45, 7) is 8.88. The van der Waals surface area contributed by atoms with Crippen LogP contribution in [0.1, 0.15) is 40.5 Å². The van der Waals surface area contributed by atoms with Crippen molar-refractivity contribution >= 4 is 39.5 Å². The van der Waals surface area contributed by atoms with Gasteiger partial charge in [0, 0.05) is 26.9 Å². The Balaban J connectivity index is 2.35. The van der Waals surface area contributed by atoms with Crippen molar-refractivity contribution in [2.75, 3.05) is 13.1 Å². The number of hydrogen-bond donors (Lipinski definition) is 0. The summed E-state index contributed by atoms with van der Waals surface area (Å²) in [5.41, 5.74) is -0.0507. The molecule has 22 heavy (non-hydrogen) atoms. The zero-order valence-corrected chi connectivity index (χ0v) is 14.8. The van der Waals surface area contributed by atoms with Crippen molar-refractivity contribution in [1.82, 2.24) is 4.90 Å². The molecule has 0 aromatic carbocycles. The second-order valence-electron chi connectivity index (χ2n) is 5.44. The lowest BCUT2D eigenvalue weighted by Gasteiger charge is -2.31. The molecule has 1 fully saturated rings. The second kappa shape index (κ2) is 6.95. The summed E-state index contributed by atoms with van der Waals surface area (Å²) in [6.07, 6.45) is 1.91. The van der Waals surface area contributed by atoms with Crippen LogP contribution in [-0.4, -0.2) is 41.6 Å². The monoisotopic (exact) mass is 344 g/mol. The largest absolute Gasteiger partial charge is 0.419 e. The van der Waals surface area contributed by atoms with Gasteiger partial charge in [-0.25, -0.2) is 9.59 Å². The quantitative estimate of drug-likeness (QED) is 0.255. The van der Waals surface area contributed by atoms with E-state index in [2.05, 4.69) is 23.1 Å². The third-order valence-corrected chi connectivity index (χ3v) is 4.87. The minimum atomic E-state index is -1.22. The van der Waals surface area contributed by atoms with E-state index in [1.807, 2.05) is 0 Å². The van der Waals surface area contributed by atoms with Gasteiger partial charge in [0.05, 0.1) is 15.9 Å². The van der Waals surface area contributed by atoms with E-state index in [1.165, 1.54) is 35.6 Å². The Bertz CT molecular complexity index is 515. The summed E-state index contributed by atoms with van der Waals surface area (Å²) < 4.78 is 14.7. The Morgan fingerprint density at radius 2 is 1.64 bits per heavy atom. The van der Waals surface area contributed by atoms with Gasteiger partial charge in [-0.15, -0.1) is 0 Å². The van der Waals surface area contributed by atoms with Gasteiger partial charge in [-0.3, -0.25) is 0 Å². The van der Waals surface area contributed by atoms with Gasteiger partial charge in [0.15, 0.2) is 11.4 Å². The lowest BCUT2D eigenvalue weighted by molar-refractivity contribution is -0.222. The number of carbonyl (C=O) groups is 2. The van der Waals surface area contributed by atoms with E-state index in [9.17, 15) is 9.59 Å². The summed E-state index contributed by atoms with van der Waals surface area (Å²) in [5.74, 6) is -1.85. The molecule has 122 valence electrons. The first-order valence-corrected chi connectivity index (χ1v) is 9.38. The van der Waals surface area contributed by atoms with Crippen LogP contribution < -0.4 is 0 Å². The predicted molar refractivity (Wildman–Crippen MR) is 88.1 cm³/mol. The number of rotatable bonds is 4. The summed E-state index contributed by atoms with van der Waals surface area (Å²) in [6, 6.07) is 0. The Hall–Kier alpha value is -1.15. The van der Waals surface area contributed by atoms with E-state index >= 15 is 0 Å². The maximum Gasteiger partial charge on any atom is 0.350 e. The van der Waals surface area contributed by atoms with Crippen LogP contribution in [0.3, 0.4) is 0 Å². The second-order valence-corrected chi connectivity index (χ2v) is 7.30.